The highest BCUT2D eigenvalue weighted by Gasteiger charge is 2.10. The number of nitrogens with zero attached hydrogens (tertiary/aromatic N) is 4. The second-order valence-electron chi connectivity index (χ2n) is 3.18. The van der Waals surface area contributed by atoms with E-state index in [-0.39, 0.29) is 11.1 Å². The van der Waals surface area contributed by atoms with Crippen molar-refractivity contribution in [3.8, 4) is 5.69 Å². The van der Waals surface area contributed by atoms with Crippen molar-refractivity contribution in [1.82, 2.24) is 20.2 Å². The maximum Gasteiger partial charge on any atom is 0.319 e. The molecule has 0 spiro atoms. The van der Waals surface area contributed by atoms with Crippen molar-refractivity contribution in [3.63, 3.8) is 0 Å². The van der Waals surface area contributed by atoms with Crippen LogP contribution in [0.5, 0.6) is 0 Å². The third-order valence-corrected chi connectivity index (χ3v) is 2.20. The average molecular weight is 214 g/mol. The standard InChI is InChI=1S/C10H6N4O2/c15-10-9-8(12-13-16-9)6-11-14(10)7-4-2-1-3-5-7/h1-6H. The van der Waals surface area contributed by atoms with Crippen LogP contribution in [-0.2, 0) is 0 Å². The van der Waals surface area contributed by atoms with E-state index >= 15 is 0 Å². The Bertz CT molecular complexity index is 687. The topological polar surface area (TPSA) is 73.8 Å². The van der Waals surface area contributed by atoms with E-state index < -0.39 is 0 Å². The van der Waals surface area contributed by atoms with E-state index in [1.165, 1.54) is 10.9 Å². The van der Waals surface area contributed by atoms with Crippen molar-refractivity contribution in [2.45, 2.75) is 0 Å². The highest BCUT2D eigenvalue weighted by Crippen LogP contribution is 2.06. The molecule has 0 amide bonds. The smallest absolute Gasteiger partial charge is 0.319 e. The van der Waals surface area contributed by atoms with Crippen molar-refractivity contribution < 1.29 is 4.52 Å². The Morgan fingerprint density at radius 3 is 2.81 bits per heavy atom. The Balaban J connectivity index is 2.33. The van der Waals surface area contributed by atoms with Gasteiger partial charge in [-0.2, -0.15) is 9.78 Å². The fourth-order valence-electron chi connectivity index (χ4n) is 1.44. The average Bonchev–Trinajstić information content (AvgIpc) is 2.80. The molecule has 2 aromatic heterocycles. The molecule has 0 fully saturated rings. The fourth-order valence-corrected chi connectivity index (χ4v) is 1.44. The van der Waals surface area contributed by atoms with Gasteiger partial charge in [0.1, 0.15) is 0 Å². The first-order valence-electron chi connectivity index (χ1n) is 4.62. The molecular formula is C10H6N4O2. The number of hydrogen-bond acceptors (Lipinski definition) is 5. The molecule has 0 N–H and O–H groups in total. The molecule has 16 heavy (non-hydrogen) atoms. The van der Waals surface area contributed by atoms with Crippen molar-refractivity contribution in [2.75, 3.05) is 0 Å². The first kappa shape index (κ1) is 8.78. The molecule has 3 rings (SSSR count). The van der Waals surface area contributed by atoms with E-state index in [2.05, 4.69) is 15.5 Å². The van der Waals surface area contributed by atoms with Crippen molar-refractivity contribution >= 4 is 11.1 Å². The molecule has 2 heterocycles. The third-order valence-electron chi connectivity index (χ3n) is 2.20. The van der Waals surface area contributed by atoms with Gasteiger partial charge in [0.2, 0.25) is 0 Å². The molecule has 0 bridgehead atoms. The summed E-state index contributed by atoms with van der Waals surface area (Å²) in [6.07, 6.45) is 1.44. The lowest BCUT2D eigenvalue weighted by Gasteiger charge is -2.01. The summed E-state index contributed by atoms with van der Waals surface area (Å²) in [7, 11) is 0. The number of hydrogen-bond donors (Lipinski definition) is 0. The maximum atomic E-state index is 11.9. The Morgan fingerprint density at radius 1 is 1.19 bits per heavy atom. The number of rotatable bonds is 1. The van der Waals surface area contributed by atoms with Gasteiger partial charge >= 0.3 is 5.56 Å². The van der Waals surface area contributed by atoms with Gasteiger partial charge in [0, 0.05) is 5.27 Å². The van der Waals surface area contributed by atoms with Gasteiger partial charge < -0.3 is 4.52 Å². The van der Waals surface area contributed by atoms with Crippen LogP contribution in [0.15, 0.2) is 45.8 Å². The zero-order chi connectivity index (χ0) is 11.0. The molecule has 0 atom stereocenters. The molecule has 78 valence electrons. The second kappa shape index (κ2) is 3.27. The van der Waals surface area contributed by atoms with E-state index in [0.717, 1.165) is 0 Å². The lowest BCUT2D eigenvalue weighted by molar-refractivity contribution is 0.420. The van der Waals surface area contributed by atoms with Crippen LogP contribution in [0.2, 0.25) is 0 Å². The summed E-state index contributed by atoms with van der Waals surface area (Å²) >= 11 is 0. The molecule has 0 radical (unpaired) electrons. The number of benzene rings is 1. The van der Waals surface area contributed by atoms with Gasteiger partial charge in [-0.15, -0.1) is 5.10 Å². The summed E-state index contributed by atoms with van der Waals surface area (Å²) in [4.78, 5) is 11.9. The molecule has 0 aliphatic carbocycles. The molecule has 1 aromatic carbocycles. The van der Waals surface area contributed by atoms with Crippen molar-refractivity contribution in [3.05, 3.63) is 46.9 Å². The Kier molecular flexibility index (Phi) is 1.79. The van der Waals surface area contributed by atoms with Crippen LogP contribution in [0, 0.1) is 0 Å². The van der Waals surface area contributed by atoms with Crippen molar-refractivity contribution in [2.24, 2.45) is 0 Å². The van der Waals surface area contributed by atoms with Crippen LogP contribution in [-0.4, -0.2) is 20.2 Å². The minimum absolute atomic E-state index is 0.110. The lowest BCUT2D eigenvalue weighted by Crippen LogP contribution is -2.20. The molecule has 0 unspecified atom stereocenters. The van der Waals surface area contributed by atoms with Crippen LogP contribution in [0.4, 0.5) is 0 Å². The Labute approximate surface area is 89.1 Å². The quantitative estimate of drug-likeness (QED) is 0.598. The SMILES string of the molecule is O=c1c2onnc2cnn1-c1ccccc1. The minimum atomic E-state index is -0.367. The molecule has 0 saturated carbocycles. The highest BCUT2D eigenvalue weighted by atomic mass is 16.5. The van der Waals surface area contributed by atoms with E-state index in [1.807, 2.05) is 18.2 Å². The molecular weight excluding hydrogens is 208 g/mol. The van der Waals surface area contributed by atoms with E-state index in [1.54, 1.807) is 12.1 Å². The van der Waals surface area contributed by atoms with E-state index in [0.29, 0.717) is 11.2 Å². The van der Waals surface area contributed by atoms with Crippen LogP contribution in [0.3, 0.4) is 0 Å². The Hall–Kier alpha value is -2.50. The van der Waals surface area contributed by atoms with E-state index in [4.69, 9.17) is 4.52 Å². The zero-order valence-corrected chi connectivity index (χ0v) is 8.07. The molecule has 6 nitrogen and oxygen atoms in total. The molecule has 0 aliphatic heterocycles. The first-order valence-corrected chi connectivity index (χ1v) is 4.62. The summed E-state index contributed by atoms with van der Waals surface area (Å²) in [5, 5.41) is 10.9. The third kappa shape index (κ3) is 1.20. The number of fused-ring (bicyclic) bond motifs is 1. The first-order chi connectivity index (χ1) is 7.86. The van der Waals surface area contributed by atoms with Gasteiger partial charge in [-0.3, -0.25) is 4.79 Å². The number of para-hydroxylation sites is 1. The zero-order valence-electron chi connectivity index (χ0n) is 8.07. The van der Waals surface area contributed by atoms with Gasteiger partial charge in [0.25, 0.3) is 5.58 Å². The minimum Gasteiger partial charge on any atom is -0.331 e. The normalized spacial score (nSPS) is 10.8. The summed E-state index contributed by atoms with van der Waals surface area (Å²) in [6, 6.07) is 9.08. The summed E-state index contributed by atoms with van der Waals surface area (Å²) in [5.41, 5.74) is 0.774. The van der Waals surface area contributed by atoms with Gasteiger partial charge in [-0.05, 0) is 12.1 Å². The molecule has 0 aliphatic rings. The van der Waals surface area contributed by atoms with Gasteiger partial charge in [-0.1, -0.05) is 18.2 Å². The predicted octanol–water partition coefficient (Wildman–Crippen LogP) is 0.769. The molecule has 3 aromatic rings. The van der Waals surface area contributed by atoms with Crippen LogP contribution in [0.25, 0.3) is 16.8 Å². The van der Waals surface area contributed by atoms with Gasteiger partial charge in [0.05, 0.1) is 11.9 Å². The maximum absolute atomic E-state index is 11.9. The second-order valence-corrected chi connectivity index (χ2v) is 3.18. The van der Waals surface area contributed by atoms with Gasteiger partial charge in [0.15, 0.2) is 5.52 Å². The molecule has 6 heteroatoms. The summed E-state index contributed by atoms with van der Waals surface area (Å²) < 4.78 is 6.02. The van der Waals surface area contributed by atoms with Crippen LogP contribution < -0.4 is 5.56 Å². The van der Waals surface area contributed by atoms with Crippen molar-refractivity contribution in [1.29, 1.82) is 0 Å². The van der Waals surface area contributed by atoms with Crippen LogP contribution >= 0.6 is 0 Å². The molecule has 0 saturated heterocycles. The van der Waals surface area contributed by atoms with Gasteiger partial charge in [-0.25, -0.2) is 0 Å². The number of aromatic nitrogens is 4. The van der Waals surface area contributed by atoms with E-state index in [9.17, 15) is 4.79 Å². The lowest BCUT2D eigenvalue weighted by atomic mass is 10.3. The van der Waals surface area contributed by atoms with Crippen LogP contribution in [0.1, 0.15) is 0 Å². The largest absolute Gasteiger partial charge is 0.331 e. The Morgan fingerprint density at radius 2 is 2.00 bits per heavy atom. The summed E-state index contributed by atoms with van der Waals surface area (Å²) in [6.45, 7) is 0. The monoisotopic (exact) mass is 214 g/mol. The summed E-state index contributed by atoms with van der Waals surface area (Å²) in [5.74, 6) is 0. The highest BCUT2D eigenvalue weighted by molar-refractivity contribution is 5.68. The fraction of sp³-hybridized carbons (Fsp3) is 0. The predicted molar refractivity (Wildman–Crippen MR) is 55.2 cm³/mol.